The molecule has 11 heteroatoms. The van der Waals surface area contributed by atoms with Crippen LogP contribution < -0.4 is 20.1 Å². The number of hydrogen-bond donors (Lipinski definition) is 4. The van der Waals surface area contributed by atoms with E-state index in [0.29, 0.717) is 19.4 Å². The molecule has 3 rings (SSSR count). The third kappa shape index (κ3) is 6.89. The number of ether oxygens (including phenoxy) is 3. The molecule has 0 unspecified atom stereocenters. The number of aliphatic carboxylic acids is 1. The van der Waals surface area contributed by atoms with E-state index in [9.17, 15) is 29.0 Å². The molecule has 1 aliphatic carbocycles. The van der Waals surface area contributed by atoms with Gasteiger partial charge in [-0.3, -0.25) is 14.4 Å². The minimum absolute atomic E-state index is 0.00354. The summed E-state index contributed by atoms with van der Waals surface area (Å²) in [5, 5.41) is 24.7. The highest BCUT2D eigenvalue weighted by Crippen LogP contribution is 2.38. The van der Waals surface area contributed by atoms with Gasteiger partial charge in [0.1, 0.15) is 5.75 Å². The molecule has 1 heterocycles. The lowest BCUT2D eigenvalue weighted by molar-refractivity contribution is -0.155. The van der Waals surface area contributed by atoms with Crippen molar-refractivity contribution in [2.24, 2.45) is 16.7 Å². The molecule has 2 fully saturated rings. The predicted molar refractivity (Wildman–Crippen MR) is 131 cm³/mol. The number of halogens is 1. The lowest BCUT2D eigenvalue weighted by Crippen LogP contribution is -2.47. The lowest BCUT2D eigenvalue weighted by Gasteiger charge is -2.35. The molecule has 206 valence electrons. The number of methoxy groups -OCH3 is 1. The average molecular weight is 525 g/mol. The molecular weight excluding hydrogens is 487 g/mol. The molecule has 4 N–H and O–H groups in total. The van der Waals surface area contributed by atoms with Crippen LogP contribution >= 0.6 is 0 Å². The fraction of sp³-hybridized carbons (Fsp3) is 0.654. The van der Waals surface area contributed by atoms with Crippen LogP contribution in [-0.4, -0.2) is 73.6 Å². The van der Waals surface area contributed by atoms with Gasteiger partial charge in [0.05, 0.1) is 56.0 Å². The Morgan fingerprint density at radius 1 is 1.16 bits per heavy atom. The van der Waals surface area contributed by atoms with Crippen molar-refractivity contribution in [1.82, 2.24) is 10.6 Å². The van der Waals surface area contributed by atoms with E-state index >= 15 is 0 Å². The molecule has 1 saturated carbocycles. The first kappa shape index (κ1) is 28.6. The van der Waals surface area contributed by atoms with Crippen LogP contribution in [0.3, 0.4) is 0 Å². The van der Waals surface area contributed by atoms with Crippen molar-refractivity contribution in [3.63, 3.8) is 0 Å². The number of hydrogen-bond acceptors (Lipinski definition) is 7. The Morgan fingerprint density at radius 2 is 1.84 bits per heavy atom. The summed E-state index contributed by atoms with van der Waals surface area (Å²) >= 11 is 0. The first-order chi connectivity index (χ1) is 17.4. The Labute approximate surface area is 215 Å². The van der Waals surface area contributed by atoms with Crippen molar-refractivity contribution in [2.75, 3.05) is 33.5 Å². The summed E-state index contributed by atoms with van der Waals surface area (Å²) in [5.74, 6) is -3.31. The summed E-state index contributed by atoms with van der Waals surface area (Å²) in [6, 6.07) is 1.73. The van der Waals surface area contributed by atoms with Crippen molar-refractivity contribution in [2.45, 2.75) is 58.6 Å². The van der Waals surface area contributed by atoms with Gasteiger partial charge in [-0.1, -0.05) is 20.8 Å². The summed E-state index contributed by atoms with van der Waals surface area (Å²) in [4.78, 5) is 37.4. The van der Waals surface area contributed by atoms with Gasteiger partial charge in [-0.2, -0.15) is 0 Å². The monoisotopic (exact) mass is 524 g/mol. The molecule has 2 atom stereocenters. The van der Waals surface area contributed by atoms with Crippen molar-refractivity contribution >= 4 is 17.8 Å². The van der Waals surface area contributed by atoms with Gasteiger partial charge in [0, 0.05) is 12.6 Å². The highest BCUT2D eigenvalue weighted by molar-refractivity contribution is 5.98. The Bertz CT molecular complexity index is 1000. The number of benzene rings is 1. The molecule has 10 nitrogen and oxygen atoms in total. The van der Waals surface area contributed by atoms with E-state index in [1.54, 1.807) is 0 Å². The third-order valence-corrected chi connectivity index (χ3v) is 6.97. The quantitative estimate of drug-likeness (QED) is 0.385. The normalized spacial score (nSPS) is 25.8. The van der Waals surface area contributed by atoms with Crippen LogP contribution in [0.2, 0.25) is 0 Å². The van der Waals surface area contributed by atoms with Crippen LogP contribution in [0.5, 0.6) is 11.5 Å². The number of nitrogens with one attached hydrogen (secondary N) is 2. The van der Waals surface area contributed by atoms with Gasteiger partial charge in [0.15, 0.2) is 11.6 Å². The summed E-state index contributed by atoms with van der Waals surface area (Å²) in [6.45, 7) is 6.33. The fourth-order valence-electron chi connectivity index (χ4n) is 4.54. The van der Waals surface area contributed by atoms with Gasteiger partial charge >= 0.3 is 5.97 Å². The van der Waals surface area contributed by atoms with Crippen molar-refractivity contribution in [3.05, 3.63) is 23.5 Å². The number of rotatable bonds is 9. The fourth-order valence-corrected chi connectivity index (χ4v) is 4.54. The molecular formula is C26H37FN2O8. The number of amides is 2. The van der Waals surface area contributed by atoms with Crippen LogP contribution in [0.15, 0.2) is 12.1 Å². The van der Waals surface area contributed by atoms with E-state index in [1.165, 1.54) is 13.2 Å². The van der Waals surface area contributed by atoms with Gasteiger partial charge in [0.2, 0.25) is 5.91 Å². The standard InChI is InChI=1S/C26H37FN2O8/c1-25(2,3)13-28-22(31)17-11-36-12-19(17)29-23(32)16-9-21(18(27)10-20(16)35-4)37-15-5-7-26(14-30,8-6-15)24(33)34/h9-10,15,17,19,30H,5-8,11-14H2,1-4H3,(H,28,31)(H,29,32)(H,33,34)/t15?,17-,19+,26?/m1/s1. The van der Waals surface area contributed by atoms with E-state index in [4.69, 9.17) is 14.2 Å². The van der Waals surface area contributed by atoms with Gasteiger partial charge in [0.25, 0.3) is 5.91 Å². The van der Waals surface area contributed by atoms with Gasteiger partial charge < -0.3 is 35.1 Å². The van der Waals surface area contributed by atoms with E-state index in [-0.39, 0.29) is 54.4 Å². The Kier molecular flexibility index (Phi) is 9.01. The second-order valence-corrected chi connectivity index (χ2v) is 11.0. The number of carbonyl (C=O) groups excluding carboxylic acids is 2. The van der Waals surface area contributed by atoms with Crippen LogP contribution in [0, 0.1) is 22.6 Å². The minimum Gasteiger partial charge on any atom is -0.496 e. The number of carboxylic acid groups (broad SMARTS) is 1. The van der Waals surface area contributed by atoms with Gasteiger partial charge in [-0.25, -0.2) is 4.39 Å². The van der Waals surface area contributed by atoms with E-state index in [0.717, 1.165) is 6.07 Å². The number of aliphatic hydroxyl groups is 1. The molecule has 0 spiro atoms. The number of aliphatic hydroxyl groups excluding tert-OH is 1. The molecule has 1 aromatic rings. The highest BCUT2D eigenvalue weighted by Gasteiger charge is 2.42. The van der Waals surface area contributed by atoms with Crippen LogP contribution in [0.1, 0.15) is 56.8 Å². The molecule has 0 aromatic heterocycles. The maximum atomic E-state index is 14.8. The van der Waals surface area contributed by atoms with Gasteiger partial charge in [-0.05, 0) is 37.2 Å². The minimum atomic E-state index is -1.22. The lowest BCUT2D eigenvalue weighted by atomic mass is 9.74. The molecule has 2 amide bonds. The van der Waals surface area contributed by atoms with Crippen LogP contribution in [-0.2, 0) is 14.3 Å². The first-order valence-electron chi connectivity index (χ1n) is 12.4. The van der Waals surface area contributed by atoms with Crippen LogP contribution in [0.25, 0.3) is 0 Å². The average Bonchev–Trinajstić information content (AvgIpc) is 3.31. The molecule has 1 aliphatic heterocycles. The molecule has 37 heavy (non-hydrogen) atoms. The maximum absolute atomic E-state index is 14.8. The molecule has 1 saturated heterocycles. The number of carbonyl (C=O) groups is 3. The largest absolute Gasteiger partial charge is 0.496 e. The predicted octanol–water partition coefficient (Wildman–Crippen LogP) is 2.13. The second-order valence-electron chi connectivity index (χ2n) is 11.0. The SMILES string of the molecule is COc1cc(F)c(OC2CCC(CO)(C(=O)O)CC2)cc1C(=O)N[C@H]1COC[C@H]1C(=O)NCC(C)(C)C. The van der Waals surface area contributed by atoms with Gasteiger partial charge in [-0.15, -0.1) is 0 Å². The Balaban J connectivity index is 1.70. The topological polar surface area (TPSA) is 143 Å². The maximum Gasteiger partial charge on any atom is 0.311 e. The molecule has 2 aliphatic rings. The third-order valence-electron chi connectivity index (χ3n) is 6.97. The second kappa shape index (κ2) is 11.6. The Hall–Kier alpha value is -2.92. The van der Waals surface area contributed by atoms with Crippen LogP contribution in [0.4, 0.5) is 4.39 Å². The van der Waals surface area contributed by atoms with E-state index < -0.39 is 47.8 Å². The van der Waals surface area contributed by atoms with E-state index in [2.05, 4.69) is 10.6 Å². The van der Waals surface area contributed by atoms with Crippen molar-refractivity contribution < 1.29 is 43.2 Å². The zero-order chi connectivity index (χ0) is 27.4. The molecule has 1 aromatic carbocycles. The summed E-state index contributed by atoms with van der Waals surface area (Å²) in [7, 11) is 1.31. The summed E-state index contributed by atoms with van der Waals surface area (Å²) in [5.41, 5.74) is -1.29. The zero-order valence-corrected chi connectivity index (χ0v) is 21.8. The van der Waals surface area contributed by atoms with Crippen molar-refractivity contribution in [3.8, 4) is 11.5 Å². The zero-order valence-electron chi connectivity index (χ0n) is 21.8. The first-order valence-corrected chi connectivity index (χ1v) is 12.4. The summed E-state index contributed by atoms with van der Waals surface area (Å²) in [6.07, 6.45) is 0.524. The highest BCUT2D eigenvalue weighted by atomic mass is 19.1. The van der Waals surface area contributed by atoms with E-state index in [1.807, 2.05) is 20.8 Å². The smallest absolute Gasteiger partial charge is 0.311 e. The Morgan fingerprint density at radius 3 is 2.41 bits per heavy atom. The van der Waals surface area contributed by atoms with Crippen molar-refractivity contribution in [1.29, 1.82) is 0 Å². The summed E-state index contributed by atoms with van der Waals surface area (Å²) < 4.78 is 31.3. The number of carboxylic acids is 1. The molecule has 0 radical (unpaired) electrons. The molecule has 0 bridgehead atoms.